The molecule has 6 heteroatoms. The van der Waals surface area contributed by atoms with Crippen LogP contribution in [0.15, 0.2) is 0 Å². The minimum Gasteiger partial charge on any atom is -0.348 e. The van der Waals surface area contributed by atoms with Gasteiger partial charge in [-0.25, -0.2) is 0 Å². The molecular formula is C15H33Cl2N3O. The number of nitrogens with zero attached hydrogens (tertiary/aromatic N) is 1. The summed E-state index contributed by atoms with van der Waals surface area (Å²) in [5.74, 6) is 0.135. The van der Waals surface area contributed by atoms with Gasteiger partial charge in [0.15, 0.2) is 0 Å². The molecule has 0 spiro atoms. The van der Waals surface area contributed by atoms with Crippen molar-refractivity contribution in [2.24, 2.45) is 5.73 Å². The maximum Gasteiger partial charge on any atom is 0.237 e. The van der Waals surface area contributed by atoms with Crippen LogP contribution in [-0.2, 0) is 4.79 Å². The van der Waals surface area contributed by atoms with Gasteiger partial charge in [0.25, 0.3) is 0 Å². The Morgan fingerprint density at radius 2 is 1.62 bits per heavy atom. The van der Waals surface area contributed by atoms with Crippen molar-refractivity contribution in [3.8, 4) is 0 Å². The number of hydrogen-bond acceptors (Lipinski definition) is 3. The molecule has 0 aromatic carbocycles. The molecule has 1 fully saturated rings. The number of amides is 1. The zero-order chi connectivity index (χ0) is 14.3. The lowest BCUT2D eigenvalue weighted by Gasteiger charge is -2.35. The van der Waals surface area contributed by atoms with Crippen molar-refractivity contribution >= 4 is 30.7 Å². The Hall–Kier alpha value is -0.0300. The van der Waals surface area contributed by atoms with E-state index < -0.39 is 0 Å². The third kappa shape index (κ3) is 6.72. The van der Waals surface area contributed by atoms with Gasteiger partial charge >= 0.3 is 0 Å². The maximum atomic E-state index is 12.4. The van der Waals surface area contributed by atoms with E-state index >= 15 is 0 Å². The van der Waals surface area contributed by atoms with Crippen molar-refractivity contribution in [2.75, 3.05) is 19.6 Å². The molecule has 21 heavy (non-hydrogen) atoms. The minimum absolute atomic E-state index is 0. The number of hydrogen-bond donors (Lipinski definition) is 2. The van der Waals surface area contributed by atoms with Crippen LogP contribution in [0.3, 0.4) is 0 Å². The Labute approximate surface area is 142 Å². The molecule has 4 nitrogen and oxygen atoms in total. The van der Waals surface area contributed by atoms with E-state index in [9.17, 15) is 4.79 Å². The Morgan fingerprint density at radius 1 is 1.14 bits per heavy atom. The fourth-order valence-electron chi connectivity index (χ4n) is 2.78. The highest BCUT2D eigenvalue weighted by Crippen LogP contribution is 2.16. The van der Waals surface area contributed by atoms with Crippen LogP contribution in [0.1, 0.15) is 59.3 Å². The van der Waals surface area contributed by atoms with E-state index in [2.05, 4.69) is 24.1 Å². The molecule has 0 radical (unpaired) electrons. The minimum atomic E-state index is -0.225. The first-order chi connectivity index (χ1) is 9.08. The highest BCUT2D eigenvalue weighted by molar-refractivity contribution is 5.85. The number of likely N-dealkylation sites (tertiary alicyclic amines) is 1. The van der Waals surface area contributed by atoms with Gasteiger partial charge in [-0.1, -0.05) is 26.7 Å². The van der Waals surface area contributed by atoms with Crippen molar-refractivity contribution in [1.82, 2.24) is 10.2 Å². The second-order valence-electron chi connectivity index (χ2n) is 5.81. The molecule has 3 N–H and O–H groups in total. The lowest BCUT2D eigenvalue weighted by molar-refractivity contribution is -0.128. The first-order valence-corrected chi connectivity index (χ1v) is 7.84. The molecule has 0 aromatic heterocycles. The SMILES string of the molecule is CCC(CC)(CN)NC(=O)C(C)N1CCCCCC1.Cl.Cl. The second kappa shape index (κ2) is 11.5. The molecule has 1 aliphatic rings. The molecule has 1 aliphatic heterocycles. The van der Waals surface area contributed by atoms with E-state index in [1.165, 1.54) is 25.7 Å². The van der Waals surface area contributed by atoms with Crippen LogP contribution in [0, 0.1) is 0 Å². The monoisotopic (exact) mass is 341 g/mol. The zero-order valence-corrected chi connectivity index (χ0v) is 15.3. The summed E-state index contributed by atoms with van der Waals surface area (Å²) in [5.41, 5.74) is 5.63. The Kier molecular flexibility index (Phi) is 12.8. The van der Waals surface area contributed by atoms with Crippen molar-refractivity contribution < 1.29 is 4.79 Å². The highest BCUT2D eigenvalue weighted by atomic mass is 35.5. The normalized spacial score (nSPS) is 17.9. The van der Waals surface area contributed by atoms with Gasteiger partial charge in [-0.15, -0.1) is 24.8 Å². The predicted molar refractivity (Wildman–Crippen MR) is 94.5 cm³/mol. The third-order valence-corrected chi connectivity index (χ3v) is 4.70. The maximum absolute atomic E-state index is 12.4. The summed E-state index contributed by atoms with van der Waals surface area (Å²) in [7, 11) is 0. The van der Waals surface area contributed by atoms with E-state index in [0.29, 0.717) is 6.54 Å². The number of nitrogens with two attached hydrogens (primary N) is 1. The largest absolute Gasteiger partial charge is 0.348 e. The van der Waals surface area contributed by atoms with Crippen LogP contribution >= 0.6 is 24.8 Å². The number of halogens is 2. The van der Waals surface area contributed by atoms with E-state index in [1.807, 2.05) is 6.92 Å². The van der Waals surface area contributed by atoms with Crippen molar-refractivity contribution in [1.29, 1.82) is 0 Å². The molecule has 0 aromatic rings. The first-order valence-electron chi connectivity index (χ1n) is 7.84. The van der Waals surface area contributed by atoms with Crippen LogP contribution in [-0.4, -0.2) is 42.0 Å². The molecule has 0 saturated carbocycles. The average molecular weight is 342 g/mol. The van der Waals surface area contributed by atoms with Gasteiger partial charge in [-0.3, -0.25) is 9.69 Å². The molecular weight excluding hydrogens is 309 g/mol. The Balaban J connectivity index is 0. The molecule has 1 heterocycles. The fourth-order valence-corrected chi connectivity index (χ4v) is 2.78. The molecule has 1 unspecified atom stereocenters. The highest BCUT2D eigenvalue weighted by Gasteiger charge is 2.30. The Morgan fingerprint density at radius 3 is 2.00 bits per heavy atom. The zero-order valence-electron chi connectivity index (χ0n) is 13.7. The molecule has 1 rings (SSSR count). The van der Waals surface area contributed by atoms with Gasteiger partial charge in [-0.05, 0) is 45.7 Å². The molecule has 128 valence electrons. The van der Waals surface area contributed by atoms with Gasteiger partial charge in [0.05, 0.1) is 11.6 Å². The third-order valence-electron chi connectivity index (χ3n) is 4.70. The quantitative estimate of drug-likeness (QED) is 0.780. The topological polar surface area (TPSA) is 58.4 Å². The van der Waals surface area contributed by atoms with Gasteiger partial charge < -0.3 is 11.1 Å². The van der Waals surface area contributed by atoms with Gasteiger partial charge in [0, 0.05) is 6.54 Å². The van der Waals surface area contributed by atoms with Gasteiger partial charge in [0.2, 0.25) is 5.91 Å². The first kappa shape index (κ1) is 23.2. The number of nitrogens with one attached hydrogen (secondary N) is 1. The standard InChI is InChI=1S/C15H31N3O.2ClH/c1-4-15(5-2,12-16)17-14(19)13(3)18-10-8-6-7-9-11-18;;/h13H,4-12,16H2,1-3H3,(H,17,19);2*1H. The molecule has 1 atom stereocenters. The van der Waals surface area contributed by atoms with Crippen molar-refractivity contribution in [2.45, 2.75) is 70.9 Å². The smallest absolute Gasteiger partial charge is 0.237 e. The van der Waals surface area contributed by atoms with Gasteiger partial charge in [-0.2, -0.15) is 0 Å². The summed E-state index contributed by atoms with van der Waals surface area (Å²) in [6.45, 7) is 8.80. The average Bonchev–Trinajstić information content (AvgIpc) is 2.73. The molecule has 1 amide bonds. The molecule has 1 saturated heterocycles. The van der Waals surface area contributed by atoms with Gasteiger partial charge in [0.1, 0.15) is 0 Å². The fraction of sp³-hybridized carbons (Fsp3) is 0.933. The number of carbonyl (C=O) groups excluding carboxylic acids is 1. The Bertz CT molecular complexity index is 270. The summed E-state index contributed by atoms with van der Waals surface area (Å²) >= 11 is 0. The number of rotatable bonds is 6. The van der Waals surface area contributed by atoms with Crippen LogP contribution in [0.4, 0.5) is 0 Å². The summed E-state index contributed by atoms with van der Waals surface area (Å²) in [4.78, 5) is 14.8. The van der Waals surface area contributed by atoms with E-state index in [-0.39, 0.29) is 42.3 Å². The van der Waals surface area contributed by atoms with E-state index in [1.54, 1.807) is 0 Å². The van der Waals surface area contributed by atoms with Crippen LogP contribution in [0.5, 0.6) is 0 Å². The van der Waals surface area contributed by atoms with Crippen molar-refractivity contribution in [3.05, 3.63) is 0 Å². The molecule has 0 aliphatic carbocycles. The van der Waals surface area contributed by atoms with E-state index in [0.717, 1.165) is 25.9 Å². The summed E-state index contributed by atoms with van der Waals surface area (Å²) in [5, 5.41) is 3.19. The summed E-state index contributed by atoms with van der Waals surface area (Å²) < 4.78 is 0. The van der Waals surface area contributed by atoms with Crippen LogP contribution in [0.25, 0.3) is 0 Å². The summed E-state index contributed by atoms with van der Waals surface area (Å²) in [6.07, 6.45) is 6.78. The number of carbonyl (C=O) groups is 1. The molecule has 0 bridgehead atoms. The van der Waals surface area contributed by atoms with Crippen LogP contribution < -0.4 is 11.1 Å². The second-order valence-corrected chi connectivity index (χ2v) is 5.81. The predicted octanol–water partition coefficient (Wildman–Crippen LogP) is 2.73. The van der Waals surface area contributed by atoms with Crippen LogP contribution in [0.2, 0.25) is 0 Å². The lowest BCUT2D eigenvalue weighted by atomic mass is 9.92. The van der Waals surface area contributed by atoms with E-state index in [4.69, 9.17) is 5.73 Å². The lowest BCUT2D eigenvalue weighted by Crippen LogP contribution is -2.57. The van der Waals surface area contributed by atoms with Crippen molar-refractivity contribution in [3.63, 3.8) is 0 Å². The summed E-state index contributed by atoms with van der Waals surface area (Å²) in [6, 6.07) is -0.0397.